The van der Waals surface area contributed by atoms with Gasteiger partial charge in [-0.25, -0.2) is 5.26 Å². The molecular formula is C32H26ClFN12O11S3. The van der Waals surface area contributed by atoms with Gasteiger partial charge >= 0.3 is 6.08 Å². The number of anilines is 7. The molecule has 0 radical (unpaired) electrons. The molecule has 7 rings (SSSR count). The maximum atomic E-state index is 14.4. The molecule has 1 aliphatic heterocycles. The number of azo groups is 1. The largest absolute Gasteiger partial charge is 0.505 e. The van der Waals surface area contributed by atoms with Gasteiger partial charge in [-0.2, -0.15) is 51.1 Å². The number of aromatic nitrogens is 6. The van der Waals surface area contributed by atoms with Crippen LogP contribution in [0.15, 0.2) is 91.6 Å². The normalized spacial score (nSPS) is 13.5. The van der Waals surface area contributed by atoms with Crippen LogP contribution in [0, 0.1) is 6.08 Å². The molecule has 0 amide bonds. The number of phenolic OH excluding ortho intramolecular Hbond substituents is 1. The highest BCUT2D eigenvalue weighted by Crippen LogP contribution is 2.45. The Hall–Kier alpha value is -6.01. The molecule has 1 fully saturated rings. The first kappa shape index (κ1) is 42.1. The van der Waals surface area contributed by atoms with Crippen molar-refractivity contribution in [2.24, 2.45) is 10.2 Å². The number of fused-ring (bicyclic) bond motifs is 1. The van der Waals surface area contributed by atoms with E-state index in [1.54, 1.807) is 11.0 Å². The second kappa shape index (κ2) is 17.7. The van der Waals surface area contributed by atoms with E-state index in [9.17, 15) is 35.4 Å². The average molecular weight is 905 g/mol. The molecule has 0 aliphatic carbocycles. The Morgan fingerprint density at radius 1 is 0.800 bits per heavy atom. The number of aromatic hydroxyl groups is 1. The van der Waals surface area contributed by atoms with Crippen LogP contribution in [-0.4, -0.2) is 92.5 Å². The molecule has 60 heavy (non-hydrogen) atoms. The summed E-state index contributed by atoms with van der Waals surface area (Å²) in [5.41, 5.74) is -0.130. The van der Waals surface area contributed by atoms with Crippen LogP contribution in [0.4, 0.5) is 56.6 Å². The van der Waals surface area contributed by atoms with E-state index < -0.39 is 47.5 Å². The highest BCUT2D eigenvalue weighted by atomic mass is 35.5. The molecule has 6 aromatic rings. The van der Waals surface area contributed by atoms with E-state index in [1.807, 2.05) is 0 Å². The summed E-state index contributed by atoms with van der Waals surface area (Å²) in [4.78, 5) is 24.5. The van der Waals surface area contributed by atoms with E-state index >= 15 is 0 Å². The maximum Gasteiger partial charge on any atom is 0.315 e. The Morgan fingerprint density at radius 2 is 1.47 bits per heavy atom. The van der Waals surface area contributed by atoms with Crippen molar-refractivity contribution in [3.63, 3.8) is 0 Å². The molecule has 23 nitrogen and oxygen atoms in total. The van der Waals surface area contributed by atoms with Crippen molar-refractivity contribution >= 4 is 107 Å². The molecule has 0 spiro atoms. The standard InChI is InChI=1S/C32H26ClFN12O11S3/c33-27-38-29(35-17-2-1-3-20(14-17)59(49,50)51)42-30(39-27)37-19-5-7-24(60(52,53)54)22(15-19)44-45-25-23(58-57-56-48)13-16-12-18(4-6-21(16)26(25)47)36-31-40-28(34)41-32(43-31)46-8-10-55-11-9-46/h1-7,12-15,47-48H,8-11H2,(H,49,50,51)(H,52,53,54)(H,36,40,41,43)(H2,35,37,38,39,42). The van der Waals surface area contributed by atoms with Crippen molar-refractivity contribution in [2.75, 3.05) is 47.2 Å². The fourth-order valence-electron chi connectivity index (χ4n) is 5.52. The lowest BCUT2D eigenvalue weighted by atomic mass is 10.1. The van der Waals surface area contributed by atoms with Crippen molar-refractivity contribution in [3.05, 3.63) is 78.1 Å². The number of halogens is 2. The van der Waals surface area contributed by atoms with E-state index in [0.717, 1.165) is 18.2 Å². The third kappa shape index (κ3) is 10.2. The van der Waals surface area contributed by atoms with Crippen LogP contribution in [0.25, 0.3) is 10.8 Å². The van der Waals surface area contributed by atoms with Crippen LogP contribution in [0.1, 0.15) is 0 Å². The molecular weight excluding hydrogens is 879 g/mol. The second-order valence-corrected chi connectivity index (χ2v) is 15.9. The Labute approximate surface area is 346 Å². The number of hydrogen-bond acceptors (Lipinski definition) is 22. The number of ether oxygens (including phenoxy) is 1. The maximum absolute atomic E-state index is 14.4. The molecule has 28 heteroatoms. The van der Waals surface area contributed by atoms with E-state index in [2.05, 4.69) is 65.5 Å². The van der Waals surface area contributed by atoms with E-state index in [0.29, 0.717) is 49.4 Å². The van der Waals surface area contributed by atoms with Gasteiger partial charge in [-0.1, -0.05) is 11.1 Å². The van der Waals surface area contributed by atoms with Crippen LogP contribution < -0.4 is 20.9 Å². The number of benzene rings is 4. The summed E-state index contributed by atoms with van der Waals surface area (Å²) in [6, 6.07) is 14.4. The van der Waals surface area contributed by atoms with Gasteiger partial charge in [0.15, 0.2) is 5.75 Å². The van der Waals surface area contributed by atoms with Crippen LogP contribution in [-0.2, 0) is 34.3 Å². The molecule has 0 unspecified atom stereocenters. The highest BCUT2D eigenvalue weighted by Gasteiger charge is 2.21. The number of phenols is 1. The molecule has 0 atom stereocenters. The van der Waals surface area contributed by atoms with Crippen LogP contribution in [0.5, 0.6) is 5.75 Å². The van der Waals surface area contributed by atoms with E-state index in [4.69, 9.17) is 21.6 Å². The fourth-order valence-corrected chi connectivity index (χ4v) is 7.31. The summed E-state index contributed by atoms with van der Waals surface area (Å²) in [5, 5.41) is 40.7. The first-order chi connectivity index (χ1) is 28.6. The van der Waals surface area contributed by atoms with Gasteiger partial charge in [0.25, 0.3) is 20.2 Å². The monoisotopic (exact) mass is 904 g/mol. The quantitative estimate of drug-likeness (QED) is 0.0213. The van der Waals surface area contributed by atoms with Gasteiger partial charge in [0.1, 0.15) is 16.3 Å². The number of rotatable bonds is 14. The summed E-state index contributed by atoms with van der Waals surface area (Å²) >= 11 is 6.49. The molecule has 4 aromatic carbocycles. The molecule has 312 valence electrons. The zero-order valence-corrected chi connectivity index (χ0v) is 33.0. The SMILES string of the molecule is O=S(=O)(O)c1cccc(Nc2nc(Cl)nc(Nc3ccc(S(=O)(=O)O)c(N=Nc4c(SOOO)cc5cc(Nc6nc(F)nc(N7CCOCC7)n6)ccc5c4O)c3)n2)c1. The van der Waals surface area contributed by atoms with Gasteiger partial charge in [0.05, 0.1) is 35.0 Å². The Balaban J connectivity index is 1.18. The molecule has 3 heterocycles. The van der Waals surface area contributed by atoms with Crippen LogP contribution in [0.3, 0.4) is 0 Å². The minimum atomic E-state index is -4.91. The van der Waals surface area contributed by atoms with Gasteiger partial charge in [-0.15, -0.1) is 14.6 Å². The third-order valence-electron chi connectivity index (χ3n) is 8.10. The molecule has 1 saturated heterocycles. The summed E-state index contributed by atoms with van der Waals surface area (Å²) in [7, 11) is -9.43. The minimum absolute atomic E-state index is 0.0135. The summed E-state index contributed by atoms with van der Waals surface area (Å²) in [6.07, 6.45) is -1.01. The molecule has 0 saturated carbocycles. The van der Waals surface area contributed by atoms with Crippen molar-refractivity contribution in [1.29, 1.82) is 0 Å². The van der Waals surface area contributed by atoms with Crippen molar-refractivity contribution < 1.29 is 54.8 Å². The molecule has 2 aromatic heterocycles. The lowest BCUT2D eigenvalue weighted by Crippen LogP contribution is -2.37. The first-order valence-electron chi connectivity index (χ1n) is 16.7. The molecule has 1 aliphatic rings. The first-order valence-corrected chi connectivity index (χ1v) is 20.7. The predicted octanol–water partition coefficient (Wildman–Crippen LogP) is 6.11. The highest BCUT2D eigenvalue weighted by molar-refractivity contribution is 7.94. The average Bonchev–Trinajstić information content (AvgIpc) is 3.19. The Kier molecular flexibility index (Phi) is 12.4. The Morgan fingerprint density at radius 3 is 2.15 bits per heavy atom. The summed E-state index contributed by atoms with van der Waals surface area (Å²) in [6.45, 7) is 1.75. The zero-order chi connectivity index (χ0) is 42.6. The van der Waals surface area contributed by atoms with Crippen LogP contribution in [0.2, 0.25) is 5.28 Å². The lowest BCUT2D eigenvalue weighted by Gasteiger charge is -2.26. The van der Waals surface area contributed by atoms with Crippen molar-refractivity contribution in [3.8, 4) is 5.75 Å². The lowest BCUT2D eigenvalue weighted by molar-refractivity contribution is -0.432. The van der Waals surface area contributed by atoms with Gasteiger partial charge in [0, 0.05) is 35.5 Å². The number of nitrogens with one attached hydrogen (secondary N) is 3. The topological polar surface area (TPSA) is 318 Å². The van der Waals surface area contributed by atoms with Crippen LogP contribution >= 0.6 is 23.6 Å². The van der Waals surface area contributed by atoms with Crippen molar-refractivity contribution in [1.82, 2.24) is 29.9 Å². The zero-order valence-electron chi connectivity index (χ0n) is 29.8. The number of hydrogen-bond donors (Lipinski definition) is 7. The van der Waals surface area contributed by atoms with E-state index in [-0.39, 0.29) is 56.4 Å². The Bertz CT molecular complexity index is 2860. The predicted molar refractivity (Wildman–Crippen MR) is 210 cm³/mol. The number of morpholine rings is 1. The number of nitrogens with zero attached hydrogens (tertiary/aromatic N) is 9. The van der Waals surface area contributed by atoms with Crippen molar-refractivity contribution in [2.45, 2.75) is 14.7 Å². The third-order valence-corrected chi connectivity index (χ3v) is 10.6. The molecule has 0 bridgehead atoms. The fraction of sp³-hybridized carbons (Fsp3) is 0.125. The van der Waals surface area contributed by atoms with Gasteiger partial charge in [-0.3, -0.25) is 9.11 Å². The summed E-state index contributed by atoms with van der Waals surface area (Å²) in [5.74, 6) is -0.828. The van der Waals surface area contributed by atoms with Gasteiger partial charge < -0.3 is 30.7 Å². The second-order valence-electron chi connectivity index (χ2n) is 12.0. The van der Waals surface area contributed by atoms with Gasteiger partial charge in [0.2, 0.25) is 29.1 Å². The minimum Gasteiger partial charge on any atom is -0.505 e. The summed E-state index contributed by atoms with van der Waals surface area (Å²) < 4.78 is 91.6. The van der Waals surface area contributed by atoms with Gasteiger partial charge in [-0.05, 0) is 77.7 Å². The van der Waals surface area contributed by atoms with E-state index in [1.165, 1.54) is 42.5 Å². The smallest absolute Gasteiger partial charge is 0.315 e. The molecule has 7 N–H and O–H groups in total.